The molecule has 3 rings (SSSR count). The molecule has 5 heteroatoms. The Labute approximate surface area is 120 Å². The van der Waals surface area contributed by atoms with Crippen LogP contribution in [0.25, 0.3) is 10.2 Å². The maximum Gasteiger partial charge on any atom is 0.147 e. The Morgan fingerprint density at radius 2 is 2.00 bits per heavy atom. The standard InChI is InChI=1S/C15H14FN3S/c1-10(8-11-2-4-12(16)5-3-11)19-15-14-13(6-7-20-14)17-9-18-15/h2-7,9-10H,8H2,1H3,(H,17,18,19). The lowest BCUT2D eigenvalue weighted by atomic mass is 10.1. The van der Waals surface area contributed by atoms with E-state index in [1.807, 2.05) is 23.6 Å². The summed E-state index contributed by atoms with van der Waals surface area (Å²) in [6, 6.07) is 8.80. The molecule has 3 aromatic rings. The monoisotopic (exact) mass is 287 g/mol. The molecule has 2 aromatic heterocycles. The van der Waals surface area contributed by atoms with Crippen molar-refractivity contribution in [2.24, 2.45) is 0 Å². The molecule has 0 radical (unpaired) electrons. The minimum Gasteiger partial charge on any atom is -0.366 e. The average Bonchev–Trinajstić information content (AvgIpc) is 2.91. The normalized spacial score (nSPS) is 12.5. The molecule has 0 fully saturated rings. The molecule has 2 heterocycles. The van der Waals surface area contributed by atoms with Gasteiger partial charge in [-0.15, -0.1) is 11.3 Å². The van der Waals surface area contributed by atoms with E-state index in [4.69, 9.17) is 0 Å². The summed E-state index contributed by atoms with van der Waals surface area (Å²) in [4.78, 5) is 8.52. The lowest BCUT2D eigenvalue weighted by Gasteiger charge is -2.14. The number of halogens is 1. The fraction of sp³-hybridized carbons (Fsp3) is 0.200. The number of hydrogen-bond donors (Lipinski definition) is 1. The number of hydrogen-bond acceptors (Lipinski definition) is 4. The summed E-state index contributed by atoms with van der Waals surface area (Å²) in [5.41, 5.74) is 2.06. The van der Waals surface area contributed by atoms with Gasteiger partial charge in [-0.1, -0.05) is 12.1 Å². The Balaban J connectivity index is 1.74. The molecule has 0 saturated heterocycles. The summed E-state index contributed by atoms with van der Waals surface area (Å²) in [6.45, 7) is 2.09. The first kappa shape index (κ1) is 13.0. The lowest BCUT2D eigenvalue weighted by molar-refractivity contribution is 0.626. The summed E-state index contributed by atoms with van der Waals surface area (Å²) in [5, 5.41) is 5.41. The summed E-state index contributed by atoms with van der Waals surface area (Å²) >= 11 is 1.63. The molecule has 1 atom stereocenters. The maximum absolute atomic E-state index is 12.9. The van der Waals surface area contributed by atoms with Gasteiger partial charge in [0, 0.05) is 6.04 Å². The first-order chi connectivity index (χ1) is 9.72. The van der Waals surface area contributed by atoms with Gasteiger partial charge in [-0.3, -0.25) is 0 Å². The van der Waals surface area contributed by atoms with E-state index in [1.165, 1.54) is 12.1 Å². The van der Waals surface area contributed by atoms with Gasteiger partial charge < -0.3 is 5.32 Å². The van der Waals surface area contributed by atoms with Gasteiger partial charge in [0.05, 0.1) is 10.2 Å². The third-order valence-electron chi connectivity index (χ3n) is 3.08. The second-order valence-electron chi connectivity index (χ2n) is 4.73. The molecule has 0 spiro atoms. The Hall–Kier alpha value is -2.01. The van der Waals surface area contributed by atoms with Gasteiger partial charge in [0.25, 0.3) is 0 Å². The molecule has 20 heavy (non-hydrogen) atoms. The predicted octanol–water partition coefficient (Wildman–Crippen LogP) is 3.87. The van der Waals surface area contributed by atoms with Crippen molar-refractivity contribution in [2.45, 2.75) is 19.4 Å². The smallest absolute Gasteiger partial charge is 0.147 e. The van der Waals surface area contributed by atoms with E-state index in [1.54, 1.807) is 17.7 Å². The van der Waals surface area contributed by atoms with Crippen LogP contribution in [0.15, 0.2) is 42.0 Å². The molecule has 3 nitrogen and oxygen atoms in total. The van der Waals surface area contributed by atoms with E-state index in [2.05, 4.69) is 22.2 Å². The molecule has 0 aliphatic rings. The minimum atomic E-state index is -0.203. The van der Waals surface area contributed by atoms with Crippen LogP contribution in [-0.2, 0) is 6.42 Å². The number of aromatic nitrogens is 2. The number of rotatable bonds is 4. The Kier molecular flexibility index (Phi) is 3.60. The van der Waals surface area contributed by atoms with Crippen LogP contribution in [0.5, 0.6) is 0 Å². The van der Waals surface area contributed by atoms with Gasteiger partial charge in [0.2, 0.25) is 0 Å². The van der Waals surface area contributed by atoms with E-state index in [0.717, 1.165) is 28.0 Å². The van der Waals surface area contributed by atoms with Crippen LogP contribution in [0.1, 0.15) is 12.5 Å². The highest BCUT2D eigenvalue weighted by Crippen LogP contribution is 2.25. The van der Waals surface area contributed by atoms with Crippen molar-refractivity contribution in [2.75, 3.05) is 5.32 Å². The fourth-order valence-electron chi connectivity index (χ4n) is 2.15. The van der Waals surface area contributed by atoms with Crippen molar-refractivity contribution in [3.8, 4) is 0 Å². The highest BCUT2D eigenvalue weighted by atomic mass is 32.1. The summed E-state index contributed by atoms with van der Waals surface area (Å²) in [6.07, 6.45) is 2.39. The van der Waals surface area contributed by atoms with Crippen LogP contribution >= 0.6 is 11.3 Å². The summed E-state index contributed by atoms with van der Waals surface area (Å²) in [5.74, 6) is 0.657. The van der Waals surface area contributed by atoms with E-state index in [9.17, 15) is 4.39 Å². The van der Waals surface area contributed by atoms with Crippen LogP contribution in [0.4, 0.5) is 10.2 Å². The third-order valence-corrected chi connectivity index (χ3v) is 3.99. The van der Waals surface area contributed by atoms with Crippen molar-refractivity contribution in [1.82, 2.24) is 9.97 Å². The van der Waals surface area contributed by atoms with E-state index < -0.39 is 0 Å². The Bertz CT molecular complexity index is 708. The van der Waals surface area contributed by atoms with Crippen LogP contribution in [0.3, 0.4) is 0 Å². The first-order valence-corrected chi connectivity index (χ1v) is 7.29. The van der Waals surface area contributed by atoms with Crippen molar-refractivity contribution in [1.29, 1.82) is 0 Å². The highest BCUT2D eigenvalue weighted by Gasteiger charge is 2.09. The zero-order valence-electron chi connectivity index (χ0n) is 11.0. The molecule has 1 unspecified atom stereocenters. The SMILES string of the molecule is CC(Cc1ccc(F)cc1)Nc1ncnc2ccsc12. The number of benzene rings is 1. The molecular formula is C15H14FN3S. The summed E-state index contributed by atoms with van der Waals surface area (Å²) in [7, 11) is 0. The van der Waals surface area contributed by atoms with Crippen molar-refractivity contribution in [3.05, 3.63) is 53.4 Å². The van der Waals surface area contributed by atoms with Crippen LogP contribution in [0.2, 0.25) is 0 Å². The number of nitrogens with zero attached hydrogens (tertiary/aromatic N) is 2. The minimum absolute atomic E-state index is 0.203. The molecule has 0 aliphatic heterocycles. The summed E-state index contributed by atoms with van der Waals surface area (Å²) < 4.78 is 13.9. The Morgan fingerprint density at radius 1 is 1.20 bits per heavy atom. The second-order valence-corrected chi connectivity index (χ2v) is 5.65. The van der Waals surface area contributed by atoms with Gasteiger partial charge >= 0.3 is 0 Å². The molecule has 0 bridgehead atoms. The van der Waals surface area contributed by atoms with Gasteiger partial charge in [0.1, 0.15) is 18.0 Å². The lowest BCUT2D eigenvalue weighted by Crippen LogP contribution is -2.19. The molecule has 0 aliphatic carbocycles. The third kappa shape index (κ3) is 2.77. The van der Waals surface area contributed by atoms with Crippen LogP contribution in [0, 0.1) is 5.82 Å². The van der Waals surface area contributed by atoms with Gasteiger partial charge in [0.15, 0.2) is 0 Å². The molecular weight excluding hydrogens is 273 g/mol. The number of anilines is 1. The molecule has 1 N–H and O–H groups in total. The van der Waals surface area contributed by atoms with Crippen molar-refractivity contribution < 1.29 is 4.39 Å². The first-order valence-electron chi connectivity index (χ1n) is 6.41. The zero-order valence-corrected chi connectivity index (χ0v) is 11.8. The highest BCUT2D eigenvalue weighted by molar-refractivity contribution is 7.17. The fourth-order valence-corrected chi connectivity index (χ4v) is 2.95. The second kappa shape index (κ2) is 5.54. The van der Waals surface area contributed by atoms with Gasteiger partial charge in [-0.05, 0) is 42.5 Å². The average molecular weight is 287 g/mol. The number of fused-ring (bicyclic) bond motifs is 1. The number of nitrogens with one attached hydrogen (secondary N) is 1. The zero-order chi connectivity index (χ0) is 13.9. The topological polar surface area (TPSA) is 37.8 Å². The van der Waals surface area contributed by atoms with Gasteiger partial charge in [-0.2, -0.15) is 0 Å². The number of thiophene rings is 1. The quantitative estimate of drug-likeness (QED) is 0.791. The largest absolute Gasteiger partial charge is 0.366 e. The Morgan fingerprint density at radius 3 is 2.80 bits per heavy atom. The molecule has 102 valence electrons. The van der Waals surface area contributed by atoms with Gasteiger partial charge in [-0.25, -0.2) is 14.4 Å². The van der Waals surface area contributed by atoms with Crippen LogP contribution in [-0.4, -0.2) is 16.0 Å². The van der Waals surface area contributed by atoms with Crippen molar-refractivity contribution >= 4 is 27.4 Å². The maximum atomic E-state index is 12.9. The van der Waals surface area contributed by atoms with Crippen LogP contribution < -0.4 is 5.32 Å². The van der Waals surface area contributed by atoms with E-state index >= 15 is 0 Å². The van der Waals surface area contributed by atoms with Crippen molar-refractivity contribution in [3.63, 3.8) is 0 Å². The molecule has 1 aromatic carbocycles. The molecule has 0 saturated carbocycles. The predicted molar refractivity (Wildman–Crippen MR) is 80.6 cm³/mol. The van der Waals surface area contributed by atoms with E-state index in [0.29, 0.717) is 0 Å². The molecule has 0 amide bonds. The van der Waals surface area contributed by atoms with E-state index in [-0.39, 0.29) is 11.9 Å².